The fourth-order valence-electron chi connectivity index (χ4n) is 3.41. The second-order valence-corrected chi connectivity index (χ2v) is 6.18. The molecule has 1 atom stereocenters. The summed E-state index contributed by atoms with van der Waals surface area (Å²) in [5.74, 6) is -1.19. The molecule has 3 aromatic rings. The third kappa shape index (κ3) is 2.56. The van der Waals surface area contributed by atoms with E-state index in [9.17, 15) is 13.6 Å². The molecular formula is C19H16F2N2O. The lowest BCUT2D eigenvalue weighted by Crippen LogP contribution is -2.28. The number of aromatic nitrogens is 1. The van der Waals surface area contributed by atoms with Gasteiger partial charge in [0.15, 0.2) is 0 Å². The molecule has 4 rings (SSSR count). The van der Waals surface area contributed by atoms with Crippen LogP contribution < -0.4 is 5.32 Å². The maximum atomic E-state index is 13.7. The number of carbonyl (C=O) groups excluding carboxylic acids is 1. The minimum Gasteiger partial charge on any atom is -0.358 e. The number of anilines is 1. The number of hydrogen-bond donors (Lipinski definition) is 2. The maximum absolute atomic E-state index is 13.7. The van der Waals surface area contributed by atoms with Crippen molar-refractivity contribution < 1.29 is 13.6 Å². The summed E-state index contributed by atoms with van der Waals surface area (Å²) in [6.07, 6.45) is 1.93. The second-order valence-electron chi connectivity index (χ2n) is 6.18. The van der Waals surface area contributed by atoms with Gasteiger partial charge in [0.25, 0.3) is 0 Å². The average molecular weight is 326 g/mol. The quantitative estimate of drug-likeness (QED) is 0.729. The molecule has 0 fully saturated rings. The number of para-hydroxylation sites is 1. The Morgan fingerprint density at radius 2 is 2.00 bits per heavy atom. The highest BCUT2D eigenvalue weighted by Gasteiger charge is 2.28. The average Bonchev–Trinajstić information content (AvgIpc) is 2.94. The molecule has 0 aliphatic heterocycles. The minimum absolute atomic E-state index is 0.193. The first-order chi connectivity index (χ1) is 11.6. The van der Waals surface area contributed by atoms with Gasteiger partial charge in [-0.25, -0.2) is 8.78 Å². The highest BCUT2D eigenvalue weighted by molar-refractivity contribution is 5.94. The van der Waals surface area contributed by atoms with Gasteiger partial charge in [0.2, 0.25) is 5.91 Å². The summed E-state index contributed by atoms with van der Waals surface area (Å²) in [5.41, 5.74) is 3.13. The van der Waals surface area contributed by atoms with Crippen molar-refractivity contribution in [2.75, 3.05) is 5.32 Å². The molecule has 3 nitrogen and oxygen atoms in total. The van der Waals surface area contributed by atoms with Gasteiger partial charge in [0, 0.05) is 22.5 Å². The Hall–Kier alpha value is -2.69. The molecule has 122 valence electrons. The van der Waals surface area contributed by atoms with E-state index < -0.39 is 5.82 Å². The van der Waals surface area contributed by atoms with Crippen molar-refractivity contribution in [1.82, 2.24) is 4.98 Å². The molecule has 1 aliphatic rings. The summed E-state index contributed by atoms with van der Waals surface area (Å²) < 4.78 is 27.2. The number of hydrogen-bond acceptors (Lipinski definition) is 1. The molecular weight excluding hydrogens is 310 g/mol. The number of nitrogens with one attached hydrogen (secondary N) is 2. The molecule has 2 N–H and O–H groups in total. The number of carbonyl (C=O) groups is 1. The van der Waals surface area contributed by atoms with E-state index in [0.29, 0.717) is 12.8 Å². The normalized spacial score (nSPS) is 16.8. The molecule has 2 aromatic carbocycles. The van der Waals surface area contributed by atoms with E-state index in [1.165, 1.54) is 18.2 Å². The van der Waals surface area contributed by atoms with Gasteiger partial charge in [0.1, 0.15) is 11.6 Å². The lowest BCUT2D eigenvalue weighted by atomic mass is 9.85. The zero-order valence-corrected chi connectivity index (χ0v) is 12.9. The van der Waals surface area contributed by atoms with Crippen molar-refractivity contribution in [2.24, 2.45) is 5.92 Å². The zero-order valence-electron chi connectivity index (χ0n) is 12.9. The Morgan fingerprint density at radius 3 is 2.83 bits per heavy atom. The van der Waals surface area contributed by atoms with Crippen LogP contribution in [0.1, 0.15) is 17.7 Å². The third-order valence-electron chi connectivity index (χ3n) is 4.65. The van der Waals surface area contributed by atoms with E-state index in [4.69, 9.17) is 0 Å². The Balaban J connectivity index is 1.59. The van der Waals surface area contributed by atoms with Crippen molar-refractivity contribution in [3.8, 4) is 0 Å². The fourth-order valence-corrected chi connectivity index (χ4v) is 3.41. The van der Waals surface area contributed by atoms with Crippen LogP contribution in [-0.4, -0.2) is 10.9 Å². The Kier molecular flexibility index (Phi) is 3.56. The van der Waals surface area contributed by atoms with Crippen molar-refractivity contribution in [3.63, 3.8) is 0 Å². The molecule has 0 saturated heterocycles. The Bertz CT molecular complexity index is 932. The summed E-state index contributed by atoms with van der Waals surface area (Å²) in [5, 5.41) is 3.49. The molecule has 1 amide bonds. The standard InChI is InChI=1S/C19H16F2N2O/c20-12-6-8-17-14(10-12)13-9-11(5-7-16(13)22-17)19(24)23-18-4-2-1-3-15(18)21/h1-4,6,8,10-11,22H,5,7,9H2,(H,23,24). The van der Waals surface area contributed by atoms with Crippen LogP contribution in [0.5, 0.6) is 0 Å². The van der Waals surface area contributed by atoms with Gasteiger partial charge >= 0.3 is 0 Å². The number of benzene rings is 2. The van der Waals surface area contributed by atoms with E-state index >= 15 is 0 Å². The van der Waals surface area contributed by atoms with Gasteiger partial charge in [0.05, 0.1) is 5.69 Å². The maximum Gasteiger partial charge on any atom is 0.227 e. The van der Waals surface area contributed by atoms with E-state index in [2.05, 4.69) is 10.3 Å². The third-order valence-corrected chi connectivity index (χ3v) is 4.65. The minimum atomic E-state index is -0.448. The lowest BCUT2D eigenvalue weighted by molar-refractivity contribution is -0.120. The first-order valence-electron chi connectivity index (χ1n) is 7.96. The molecule has 1 aromatic heterocycles. The topological polar surface area (TPSA) is 44.9 Å². The number of aromatic amines is 1. The second kappa shape index (κ2) is 5.74. The van der Waals surface area contributed by atoms with Crippen LogP contribution in [0.2, 0.25) is 0 Å². The van der Waals surface area contributed by atoms with Crippen LogP contribution >= 0.6 is 0 Å². The first-order valence-corrected chi connectivity index (χ1v) is 7.96. The molecule has 0 spiro atoms. The van der Waals surface area contributed by atoms with Crippen LogP contribution in [0.3, 0.4) is 0 Å². The molecule has 1 heterocycles. The van der Waals surface area contributed by atoms with E-state index in [1.54, 1.807) is 24.3 Å². The fraction of sp³-hybridized carbons (Fsp3) is 0.211. The van der Waals surface area contributed by atoms with Crippen molar-refractivity contribution in [2.45, 2.75) is 19.3 Å². The lowest BCUT2D eigenvalue weighted by Gasteiger charge is -2.22. The van der Waals surface area contributed by atoms with Gasteiger partial charge in [-0.2, -0.15) is 0 Å². The van der Waals surface area contributed by atoms with Crippen LogP contribution in [0, 0.1) is 17.6 Å². The van der Waals surface area contributed by atoms with Gasteiger partial charge in [-0.1, -0.05) is 12.1 Å². The van der Waals surface area contributed by atoms with Crippen LogP contribution in [0.4, 0.5) is 14.5 Å². The highest BCUT2D eigenvalue weighted by atomic mass is 19.1. The summed E-state index contributed by atoms with van der Waals surface area (Å²) in [7, 11) is 0. The van der Waals surface area contributed by atoms with E-state index in [1.807, 2.05) is 0 Å². The monoisotopic (exact) mass is 326 g/mol. The summed E-state index contributed by atoms with van der Waals surface area (Å²) >= 11 is 0. The SMILES string of the molecule is O=C(Nc1ccccc1F)C1CCc2[nH]c3ccc(F)cc3c2C1. The molecule has 24 heavy (non-hydrogen) atoms. The van der Waals surface area contributed by atoms with Crippen LogP contribution in [0.15, 0.2) is 42.5 Å². The molecule has 5 heteroatoms. The van der Waals surface area contributed by atoms with Crippen molar-refractivity contribution in [1.29, 1.82) is 0 Å². The number of fused-ring (bicyclic) bond motifs is 3. The summed E-state index contributed by atoms with van der Waals surface area (Å²) in [6, 6.07) is 10.8. The molecule has 0 bridgehead atoms. The smallest absolute Gasteiger partial charge is 0.227 e. The molecule has 1 aliphatic carbocycles. The van der Waals surface area contributed by atoms with Gasteiger partial charge in [-0.05, 0) is 55.2 Å². The predicted octanol–water partition coefficient (Wildman–Crippen LogP) is 4.19. The van der Waals surface area contributed by atoms with E-state index in [0.717, 1.165) is 28.6 Å². The zero-order chi connectivity index (χ0) is 16.7. The number of H-pyrrole nitrogens is 1. The number of halogens is 2. The number of rotatable bonds is 2. The number of aryl methyl sites for hydroxylation is 1. The van der Waals surface area contributed by atoms with Crippen LogP contribution in [-0.2, 0) is 17.6 Å². The highest BCUT2D eigenvalue weighted by Crippen LogP contribution is 2.32. The van der Waals surface area contributed by atoms with Gasteiger partial charge in [-0.3, -0.25) is 4.79 Å². The summed E-state index contributed by atoms with van der Waals surface area (Å²) in [6.45, 7) is 0. The largest absolute Gasteiger partial charge is 0.358 e. The van der Waals surface area contributed by atoms with Crippen molar-refractivity contribution in [3.05, 3.63) is 65.4 Å². The Morgan fingerprint density at radius 1 is 1.17 bits per heavy atom. The molecule has 0 radical (unpaired) electrons. The molecule has 0 saturated carbocycles. The molecule has 1 unspecified atom stereocenters. The van der Waals surface area contributed by atoms with Crippen molar-refractivity contribution >= 4 is 22.5 Å². The number of amides is 1. The van der Waals surface area contributed by atoms with Gasteiger partial charge in [-0.15, -0.1) is 0 Å². The van der Waals surface area contributed by atoms with E-state index in [-0.39, 0.29) is 23.3 Å². The first kappa shape index (κ1) is 14.9. The predicted molar refractivity (Wildman–Crippen MR) is 88.8 cm³/mol. The Labute approximate surface area is 137 Å². The van der Waals surface area contributed by atoms with Crippen LogP contribution in [0.25, 0.3) is 10.9 Å². The van der Waals surface area contributed by atoms with Gasteiger partial charge < -0.3 is 10.3 Å². The summed E-state index contributed by atoms with van der Waals surface area (Å²) in [4.78, 5) is 15.8.